The van der Waals surface area contributed by atoms with Crippen molar-refractivity contribution in [3.63, 3.8) is 0 Å². The first-order valence-corrected chi connectivity index (χ1v) is 7.76. The molecule has 1 aromatic rings. The highest BCUT2D eigenvalue weighted by Crippen LogP contribution is 2.44. The third-order valence-corrected chi connectivity index (χ3v) is 5.24. The molecular weight excluding hydrogens is 246 g/mol. The van der Waals surface area contributed by atoms with Crippen LogP contribution >= 0.6 is 0 Å². The molecule has 3 unspecified atom stereocenters. The maximum Gasteiger partial charge on any atom is 0.127 e. The average Bonchev–Trinajstić information content (AvgIpc) is 2.37. The maximum atomic E-state index is 6.20. The molecule has 0 bridgehead atoms. The van der Waals surface area contributed by atoms with Crippen LogP contribution in [0.25, 0.3) is 0 Å². The van der Waals surface area contributed by atoms with Gasteiger partial charge in [0.05, 0.1) is 0 Å². The fourth-order valence-electron chi connectivity index (χ4n) is 4.17. The minimum absolute atomic E-state index is 0.0518. The molecule has 3 N–H and O–H groups in total. The molecule has 20 heavy (non-hydrogen) atoms. The van der Waals surface area contributed by atoms with Crippen LogP contribution < -0.4 is 11.1 Å². The van der Waals surface area contributed by atoms with E-state index in [9.17, 15) is 0 Å². The number of hydrogen-bond acceptors (Lipinski definition) is 3. The van der Waals surface area contributed by atoms with E-state index in [4.69, 9.17) is 5.73 Å². The van der Waals surface area contributed by atoms with Gasteiger partial charge < -0.3 is 11.1 Å². The predicted molar refractivity (Wildman–Crippen MR) is 85.8 cm³/mol. The number of hydrogen-bond donors (Lipinski definition) is 2. The number of nitrogens with two attached hydrogens (primary N) is 1. The molecule has 0 saturated heterocycles. The molecule has 1 heterocycles. The van der Waals surface area contributed by atoms with Crippen molar-refractivity contribution < 1.29 is 0 Å². The van der Waals surface area contributed by atoms with Crippen LogP contribution in [0.4, 0.5) is 5.82 Å². The lowest BCUT2D eigenvalue weighted by molar-refractivity contribution is 0.151. The molecule has 3 atom stereocenters. The maximum absolute atomic E-state index is 6.20. The lowest BCUT2D eigenvalue weighted by atomic mass is 9.63. The second-order valence-corrected chi connectivity index (χ2v) is 7.03. The van der Waals surface area contributed by atoms with E-state index < -0.39 is 0 Å². The van der Waals surface area contributed by atoms with Gasteiger partial charge in [-0.05, 0) is 55.7 Å². The molecule has 1 aliphatic rings. The summed E-state index contributed by atoms with van der Waals surface area (Å²) in [6, 6.07) is 2.64. The van der Waals surface area contributed by atoms with Crippen molar-refractivity contribution in [2.24, 2.45) is 11.8 Å². The summed E-state index contributed by atoms with van der Waals surface area (Å²) >= 11 is 0. The van der Waals surface area contributed by atoms with Gasteiger partial charge in [0.15, 0.2) is 0 Å². The Hall–Kier alpha value is -1.09. The molecule has 2 rings (SSSR count). The van der Waals surface area contributed by atoms with Crippen molar-refractivity contribution in [1.82, 2.24) is 10.3 Å². The minimum Gasteiger partial charge on any atom is -0.383 e. The highest BCUT2D eigenvalue weighted by molar-refractivity contribution is 5.49. The molecule has 1 aliphatic carbocycles. The van der Waals surface area contributed by atoms with Gasteiger partial charge in [0.25, 0.3) is 0 Å². The molecule has 1 fully saturated rings. The lowest BCUT2D eigenvalue weighted by Crippen LogP contribution is -2.47. The van der Waals surface area contributed by atoms with Crippen LogP contribution in [-0.2, 0) is 5.41 Å². The van der Waals surface area contributed by atoms with Crippen molar-refractivity contribution in [2.75, 3.05) is 12.8 Å². The van der Waals surface area contributed by atoms with E-state index in [0.29, 0.717) is 17.8 Å². The Morgan fingerprint density at radius 3 is 2.65 bits per heavy atom. The third-order valence-electron chi connectivity index (χ3n) is 5.24. The van der Waals surface area contributed by atoms with Crippen molar-refractivity contribution in [3.05, 3.63) is 23.4 Å². The molecule has 0 amide bonds. The Morgan fingerprint density at radius 1 is 1.35 bits per heavy atom. The molecule has 0 spiro atoms. The normalized spacial score (nSPS) is 27.6. The largest absolute Gasteiger partial charge is 0.383 e. The first kappa shape index (κ1) is 15.3. The average molecular weight is 275 g/mol. The third kappa shape index (κ3) is 2.69. The van der Waals surface area contributed by atoms with Crippen molar-refractivity contribution in [2.45, 2.75) is 58.4 Å². The minimum atomic E-state index is 0.0518. The molecule has 3 nitrogen and oxygen atoms in total. The summed E-state index contributed by atoms with van der Waals surface area (Å²) in [5.41, 5.74) is 8.74. The van der Waals surface area contributed by atoms with E-state index in [2.05, 4.69) is 51.1 Å². The Labute approximate surface area is 123 Å². The van der Waals surface area contributed by atoms with Crippen LogP contribution in [0, 0.1) is 18.8 Å². The summed E-state index contributed by atoms with van der Waals surface area (Å²) in [4.78, 5) is 4.32. The Balaban J connectivity index is 2.38. The fourth-order valence-corrected chi connectivity index (χ4v) is 4.17. The summed E-state index contributed by atoms with van der Waals surface area (Å²) in [5.74, 6) is 2.12. The second-order valence-electron chi connectivity index (χ2n) is 7.03. The zero-order valence-electron chi connectivity index (χ0n) is 13.5. The first-order chi connectivity index (χ1) is 9.37. The van der Waals surface area contributed by atoms with Gasteiger partial charge in [0, 0.05) is 17.8 Å². The van der Waals surface area contributed by atoms with Gasteiger partial charge in [-0.15, -0.1) is 0 Å². The van der Waals surface area contributed by atoms with Gasteiger partial charge in [-0.2, -0.15) is 0 Å². The van der Waals surface area contributed by atoms with Crippen LogP contribution in [0.1, 0.15) is 51.2 Å². The zero-order chi connectivity index (χ0) is 14.9. The number of nitrogen functional groups attached to an aromatic ring is 1. The number of nitrogens with zero attached hydrogens (tertiary/aromatic N) is 1. The summed E-state index contributed by atoms with van der Waals surface area (Å²) in [5, 5.41) is 3.54. The smallest absolute Gasteiger partial charge is 0.127 e. The molecular formula is C17H29N3. The topological polar surface area (TPSA) is 50.9 Å². The van der Waals surface area contributed by atoms with Crippen molar-refractivity contribution in [3.8, 4) is 0 Å². The van der Waals surface area contributed by atoms with Crippen molar-refractivity contribution in [1.29, 1.82) is 0 Å². The van der Waals surface area contributed by atoms with Crippen LogP contribution in [0.2, 0.25) is 0 Å². The number of anilines is 1. The van der Waals surface area contributed by atoms with E-state index in [-0.39, 0.29) is 5.41 Å². The molecule has 0 aromatic carbocycles. The monoisotopic (exact) mass is 275 g/mol. The SMILES string of the molecule is CNC1CC(C)CCC1C(C)(C)c1c(C)ccnc1N. The summed E-state index contributed by atoms with van der Waals surface area (Å²) in [6.07, 6.45) is 5.63. The van der Waals surface area contributed by atoms with E-state index in [1.807, 2.05) is 6.20 Å². The van der Waals surface area contributed by atoms with Gasteiger partial charge in [0.2, 0.25) is 0 Å². The van der Waals surface area contributed by atoms with Crippen LogP contribution in [0.5, 0.6) is 0 Å². The second kappa shape index (κ2) is 5.72. The van der Waals surface area contributed by atoms with Gasteiger partial charge in [0.1, 0.15) is 5.82 Å². The van der Waals surface area contributed by atoms with Gasteiger partial charge in [-0.25, -0.2) is 4.98 Å². The molecule has 1 aromatic heterocycles. The van der Waals surface area contributed by atoms with E-state index >= 15 is 0 Å². The summed E-state index contributed by atoms with van der Waals surface area (Å²) in [6.45, 7) is 9.17. The number of pyridine rings is 1. The van der Waals surface area contributed by atoms with Crippen LogP contribution in [0.15, 0.2) is 12.3 Å². The highest BCUT2D eigenvalue weighted by Gasteiger charge is 2.41. The molecule has 3 heteroatoms. The quantitative estimate of drug-likeness (QED) is 0.890. The number of rotatable bonds is 3. The summed E-state index contributed by atoms with van der Waals surface area (Å²) < 4.78 is 0. The van der Waals surface area contributed by atoms with Gasteiger partial charge in [-0.1, -0.05) is 27.2 Å². The van der Waals surface area contributed by atoms with Gasteiger partial charge in [-0.3, -0.25) is 0 Å². The highest BCUT2D eigenvalue weighted by atomic mass is 14.9. The molecule has 0 radical (unpaired) electrons. The fraction of sp³-hybridized carbons (Fsp3) is 0.706. The standard InChI is InChI=1S/C17H29N3/c1-11-6-7-13(14(10-11)19-5)17(3,4)15-12(2)8-9-20-16(15)18/h8-9,11,13-14,19H,6-7,10H2,1-5H3,(H2,18,20). The molecule has 0 aliphatic heterocycles. The van der Waals surface area contributed by atoms with Crippen molar-refractivity contribution >= 4 is 5.82 Å². The number of aryl methyl sites for hydroxylation is 1. The van der Waals surface area contributed by atoms with Crippen LogP contribution in [-0.4, -0.2) is 18.1 Å². The van der Waals surface area contributed by atoms with E-state index in [1.165, 1.54) is 30.4 Å². The van der Waals surface area contributed by atoms with Crippen LogP contribution in [0.3, 0.4) is 0 Å². The zero-order valence-corrected chi connectivity index (χ0v) is 13.5. The lowest BCUT2D eigenvalue weighted by Gasteiger charge is -2.45. The Kier molecular flexibility index (Phi) is 4.38. The first-order valence-electron chi connectivity index (χ1n) is 7.76. The van der Waals surface area contributed by atoms with E-state index in [0.717, 1.165) is 5.92 Å². The summed E-state index contributed by atoms with van der Waals surface area (Å²) in [7, 11) is 2.09. The van der Waals surface area contributed by atoms with Gasteiger partial charge >= 0.3 is 0 Å². The number of aromatic nitrogens is 1. The number of nitrogens with one attached hydrogen (secondary N) is 1. The molecule has 1 saturated carbocycles. The molecule has 112 valence electrons. The Morgan fingerprint density at radius 2 is 2.05 bits per heavy atom. The predicted octanol–water partition coefficient (Wildman–Crippen LogP) is 3.27. The Bertz CT molecular complexity index is 447. The van der Waals surface area contributed by atoms with E-state index in [1.54, 1.807) is 0 Å².